The zero-order chi connectivity index (χ0) is 17.9. The molecule has 1 amide bonds. The van der Waals surface area contributed by atoms with Crippen LogP contribution in [-0.2, 0) is 21.2 Å². The largest absolute Gasteiger partial charge is 0.618 e. The monoisotopic (exact) mass is 382 g/mol. The Hall–Kier alpha value is -2.00. The van der Waals surface area contributed by atoms with E-state index < -0.39 is 9.84 Å². The van der Waals surface area contributed by atoms with Crippen LogP contribution >= 0.6 is 11.8 Å². The first kappa shape index (κ1) is 17.8. The van der Waals surface area contributed by atoms with Crippen LogP contribution in [0.3, 0.4) is 0 Å². The van der Waals surface area contributed by atoms with Gasteiger partial charge in [0.25, 0.3) is 5.03 Å². The average molecular weight is 382 g/mol. The molecular formula is C16H18N2O5S2. The van der Waals surface area contributed by atoms with Crippen molar-refractivity contribution < 1.29 is 22.4 Å². The summed E-state index contributed by atoms with van der Waals surface area (Å²) in [6.07, 6.45) is 3.31. The van der Waals surface area contributed by atoms with E-state index in [1.807, 2.05) is 0 Å². The highest BCUT2D eigenvalue weighted by Crippen LogP contribution is 2.22. The number of hydrogen-bond donors (Lipinski definition) is 0. The molecule has 1 fully saturated rings. The summed E-state index contributed by atoms with van der Waals surface area (Å²) in [6.45, 7) is 0.221. The van der Waals surface area contributed by atoms with Crippen molar-refractivity contribution in [1.82, 2.24) is 4.90 Å². The fourth-order valence-corrected chi connectivity index (χ4v) is 5.29. The average Bonchev–Trinajstić information content (AvgIpc) is 3.20. The molecule has 9 heteroatoms. The second-order valence-electron chi connectivity index (χ2n) is 5.81. The molecule has 1 atom stereocenters. The van der Waals surface area contributed by atoms with Crippen LogP contribution in [0.2, 0.25) is 0 Å². The van der Waals surface area contributed by atoms with Crippen LogP contribution in [0, 0.1) is 5.21 Å². The molecule has 2 aromatic rings. The van der Waals surface area contributed by atoms with Gasteiger partial charge in [0.2, 0.25) is 5.91 Å². The van der Waals surface area contributed by atoms with Crippen LogP contribution in [0.5, 0.6) is 0 Å². The third-order valence-corrected chi connectivity index (χ3v) is 6.76. The Labute approximate surface area is 150 Å². The molecule has 1 saturated heterocycles. The van der Waals surface area contributed by atoms with Crippen LogP contribution in [0.4, 0.5) is 0 Å². The summed E-state index contributed by atoms with van der Waals surface area (Å²) in [6, 6.07) is 8.10. The highest BCUT2D eigenvalue weighted by atomic mass is 32.2. The van der Waals surface area contributed by atoms with Gasteiger partial charge < -0.3 is 14.5 Å². The summed E-state index contributed by atoms with van der Waals surface area (Å²) in [5.41, 5.74) is 0. The van der Waals surface area contributed by atoms with E-state index in [4.69, 9.17) is 4.42 Å². The number of carbonyl (C=O) groups excluding carboxylic acids is 1. The van der Waals surface area contributed by atoms with Crippen molar-refractivity contribution in [3.8, 4) is 0 Å². The summed E-state index contributed by atoms with van der Waals surface area (Å²) in [7, 11) is -3.11. The molecule has 1 aliphatic heterocycles. The summed E-state index contributed by atoms with van der Waals surface area (Å²) in [5.74, 6) is 0.501. The topological polar surface area (TPSA) is 94.5 Å². The zero-order valence-corrected chi connectivity index (χ0v) is 15.0. The van der Waals surface area contributed by atoms with E-state index >= 15 is 0 Å². The molecule has 0 N–H and O–H groups in total. The number of sulfone groups is 1. The van der Waals surface area contributed by atoms with E-state index in [9.17, 15) is 18.4 Å². The minimum atomic E-state index is -3.11. The van der Waals surface area contributed by atoms with E-state index in [0.717, 1.165) is 11.8 Å². The third-order valence-electron chi connectivity index (χ3n) is 4.01. The minimum Gasteiger partial charge on any atom is -0.618 e. The van der Waals surface area contributed by atoms with Crippen molar-refractivity contribution in [2.24, 2.45) is 0 Å². The smallest absolute Gasteiger partial charge is 0.251 e. The molecule has 134 valence electrons. The highest BCUT2D eigenvalue weighted by molar-refractivity contribution is 7.99. The molecule has 3 heterocycles. The molecular weight excluding hydrogens is 364 g/mol. The number of carbonyl (C=O) groups is 1. The van der Waals surface area contributed by atoms with Crippen LogP contribution in [-0.4, -0.2) is 42.5 Å². The lowest BCUT2D eigenvalue weighted by Crippen LogP contribution is -2.41. The van der Waals surface area contributed by atoms with Gasteiger partial charge in [-0.05, 0) is 36.4 Å². The lowest BCUT2D eigenvalue weighted by atomic mass is 10.2. The van der Waals surface area contributed by atoms with E-state index in [2.05, 4.69) is 0 Å². The van der Waals surface area contributed by atoms with Gasteiger partial charge >= 0.3 is 0 Å². The maximum Gasteiger partial charge on any atom is 0.251 e. The minimum absolute atomic E-state index is 0.0307. The Kier molecular flexibility index (Phi) is 5.33. The van der Waals surface area contributed by atoms with E-state index in [0.29, 0.717) is 21.9 Å². The van der Waals surface area contributed by atoms with Crippen LogP contribution in [0.15, 0.2) is 52.2 Å². The Bertz CT molecular complexity index is 836. The SMILES string of the molecule is O=C(CSc1cccc[n+]1[O-])N(Cc1ccco1)C1CCS(=O)(=O)C1. The molecule has 7 nitrogen and oxygen atoms in total. The van der Waals surface area contributed by atoms with E-state index in [1.165, 1.54) is 12.5 Å². The van der Waals surface area contributed by atoms with Gasteiger partial charge in [0, 0.05) is 18.2 Å². The highest BCUT2D eigenvalue weighted by Gasteiger charge is 2.35. The van der Waals surface area contributed by atoms with Crippen LogP contribution in [0.1, 0.15) is 12.2 Å². The molecule has 1 aliphatic rings. The van der Waals surface area contributed by atoms with Crippen molar-refractivity contribution in [2.45, 2.75) is 24.0 Å². The molecule has 3 rings (SSSR count). The predicted molar refractivity (Wildman–Crippen MR) is 92.4 cm³/mol. The standard InChI is InChI=1S/C16H18N2O5S2/c19-15(11-24-16-5-1-2-7-18(16)20)17(10-14-4-3-8-23-14)13-6-9-25(21,22)12-13/h1-5,7-8,13H,6,9-12H2. The normalized spacial score (nSPS) is 19.0. The lowest BCUT2D eigenvalue weighted by Gasteiger charge is -2.27. The molecule has 0 aliphatic carbocycles. The molecule has 25 heavy (non-hydrogen) atoms. The van der Waals surface area contributed by atoms with E-state index in [1.54, 1.807) is 35.2 Å². The summed E-state index contributed by atoms with van der Waals surface area (Å²) in [5, 5.41) is 12.1. The van der Waals surface area contributed by atoms with Crippen molar-refractivity contribution in [3.63, 3.8) is 0 Å². The number of amides is 1. The maximum absolute atomic E-state index is 12.7. The van der Waals surface area contributed by atoms with Crippen molar-refractivity contribution >= 4 is 27.5 Å². The predicted octanol–water partition coefficient (Wildman–Crippen LogP) is 1.22. The summed E-state index contributed by atoms with van der Waals surface area (Å²) in [4.78, 5) is 14.3. The van der Waals surface area contributed by atoms with Crippen molar-refractivity contribution in [2.75, 3.05) is 17.3 Å². The molecule has 0 radical (unpaired) electrons. The fraction of sp³-hybridized carbons (Fsp3) is 0.375. The molecule has 0 spiro atoms. The number of thioether (sulfide) groups is 1. The number of rotatable bonds is 6. The first-order valence-electron chi connectivity index (χ1n) is 7.78. The second kappa shape index (κ2) is 7.49. The van der Waals surface area contributed by atoms with Gasteiger partial charge in [0.05, 0.1) is 30.1 Å². The number of hydrogen-bond acceptors (Lipinski definition) is 6. The summed E-state index contributed by atoms with van der Waals surface area (Å²) >= 11 is 1.13. The second-order valence-corrected chi connectivity index (χ2v) is 9.04. The maximum atomic E-state index is 12.7. The Morgan fingerprint density at radius 2 is 2.20 bits per heavy atom. The van der Waals surface area contributed by atoms with Crippen molar-refractivity contribution in [1.29, 1.82) is 0 Å². The van der Waals surface area contributed by atoms with Crippen LogP contribution < -0.4 is 4.73 Å². The molecule has 0 aromatic carbocycles. The summed E-state index contributed by atoms with van der Waals surface area (Å²) < 4.78 is 29.6. The Morgan fingerprint density at radius 1 is 1.36 bits per heavy atom. The first-order chi connectivity index (χ1) is 11.9. The van der Waals surface area contributed by atoms with Gasteiger partial charge in [0.1, 0.15) is 5.76 Å². The number of aromatic nitrogens is 1. The lowest BCUT2D eigenvalue weighted by molar-refractivity contribution is -0.645. The number of nitrogens with zero attached hydrogens (tertiary/aromatic N) is 2. The third kappa shape index (κ3) is 4.55. The van der Waals surface area contributed by atoms with Gasteiger partial charge in [-0.15, -0.1) is 0 Å². The first-order valence-corrected chi connectivity index (χ1v) is 10.6. The Morgan fingerprint density at radius 3 is 2.84 bits per heavy atom. The van der Waals surface area contributed by atoms with Crippen molar-refractivity contribution in [3.05, 3.63) is 53.8 Å². The molecule has 1 unspecified atom stereocenters. The van der Waals surface area contributed by atoms with Gasteiger partial charge in [-0.2, -0.15) is 4.73 Å². The number of pyridine rings is 1. The van der Waals surface area contributed by atoms with Crippen LogP contribution in [0.25, 0.3) is 0 Å². The molecule has 0 saturated carbocycles. The Balaban J connectivity index is 1.71. The number of furan rings is 1. The quantitative estimate of drug-likeness (QED) is 0.424. The zero-order valence-electron chi connectivity index (χ0n) is 13.4. The van der Waals surface area contributed by atoms with Gasteiger partial charge in [-0.3, -0.25) is 4.79 Å². The van der Waals surface area contributed by atoms with Gasteiger partial charge in [-0.25, -0.2) is 8.42 Å². The molecule has 2 aromatic heterocycles. The molecule has 0 bridgehead atoms. The van der Waals surface area contributed by atoms with Gasteiger partial charge in [-0.1, -0.05) is 0 Å². The fourth-order valence-electron chi connectivity index (χ4n) is 2.76. The van der Waals surface area contributed by atoms with Gasteiger partial charge in [0.15, 0.2) is 16.0 Å². The van der Waals surface area contributed by atoms with E-state index in [-0.39, 0.29) is 35.8 Å².